The summed E-state index contributed by atoms with van der Waals surface area (Å²) in [6.45, 7) is 0.669. The maximum Gasteiger partial charge on any atom is 0.115 e. The summed E-state index contributed by atoms with van der Waals surface area (Å²) >= 11 is 0. The highest BCUT2D eigenvalue weighted by atomic mass is 15.0. The van der Waals surface area contributed by atoms with Gasteiger partial charge in [-0.25, -0.2) is 9.97 Å². The summed E-state index contributed by atoms with van der Waals surface area (Å²) in [4.78, 5) is 8.02. The Balaban J connectivity index is 2.38. The SMILES string of the molecule is Cn1c(CCN)ccc1-c1cncnc1. The van der Waals surface area contributed by atoms with Crippen LogP contribution in [0.1, 0.15) is 5.69 Å². The van der Waals surface area contributed by atoms with E-state index >= 15 is 0 Å². The van der Waals surface area contributed by atoms with Gasteiger partial charge < -0.3 is 10.3 Å². The van der Waals surface area contributed by atoms with Crippen molar-refractivity contribution in [2.75, 3.05) is 6.54 Å². The van der Waals surface area contributed by atoms with Crippen LogP contribution in [0.3, 0.4) is 0 Å². The molecule has 4 nitrogen and oxygen atoms in total. The summed E-state index contributed by atoms with van der Waals surface area (Å²) in [6.07, 6.45) is 6.06. The van der Waals surface area contributed by atoms with E-state index in [9.17, 15) is 0 Å². The highest BCUT2D eigenvalue weighted by molar-refractivity contribution is 5.58. The number of hydrogen-bond acceptors (Lipinski definition) is 3. The normalized spacial score (nSPS) is 10.5. The zero-order valence-electron chi connectivity index (χ0n) is 8.72. The van der Waals surface area contributed by atoms with Gasteiger partial charge in [0.1, 0.15) is 6.33 Å². The Kier molecular flexibility index (Phi) is 2.78. The first-order valence-corrected chi connectivity index (χ1v) is 4.93. The summed E-state index contributed by atoms with van der Waals surface area (Å²) in [7, 11) is 2.04. The number of rotatable bonds is 3. The maximum atomic E-state index is 5.54. The number of hydrogen-bond donors (Lipinski definition) is 1. The quantitative estimate of drug-likeness (QED) is 0.807. The van der Waals surface area contributed by atoms with Gasteiger partial charge in [-0.3, -0.25) is 0 Å². The van der Waals surface area contributed by atoms with Crippen molar-refractivity contribution >= 4 is 0 Å². The molecule has 15 heavy (non-hydrogen) atoms. The molecule has 2 aromatic rings. The van der Waals surface area contributed by atoms with Crippen molar-refractivity contribution in [3.63, 3.8) is 0 Å². The van der Waals surface area contributed by atoms with E-state index in [-0.39, 0.29) is 0 Å². The van der Waals surface area contributed by atoms with Crippen molar-refractivity contribution in [1.82, 2.24) is 14.5 Å². The van der Waals surface area contributed by atoms with E-state index in [1.54, 1.807) is 0 Å². The number of nitrogens with two attached hydrogens (primary N) is 1. The molecule has 0 spiro atoms. The lowest BCUT2D eigenvalue weighted by atomic mass is 10.2. The van der Waals surface area contributed by atoms with E-state index in [4.69, 9.17) is 5.73 Å². The van der Waals surface area contributed by atoms with Crippen LogP contribution >= 0.6 is 0 Å². The first-order chi connectivity index (χ1) is 7.33. The van der Waals surface area contributed by atoms with E-state index in [2.05, 4.69) is 26.7 Å². The van der Waals surface area contributed by atoms with Gasteiger partial charge in [0, 0.05) is 30.7 Å². The highest BCUT2D eigenvalue weighted by Gasteiger charge is 2.05. The molecule has 2 aromatic heterocycles. The molecule has 0 aliphatic carbocycles. The fraction of sp³-hybridized carbons (Fsp3) is 0.273. The van der Waals surface area contributed by atoms with E-state index in [1.807, 2.05) is 19.4 Å². The Morgan fingerprint density at radius 1 is 1.27 bits per heavy atom. The Labute approximate surface area is 88.8 Å². The molecule has 2 N–H and O–H groups in total. The molecular formula is C11H14N4. The molecule has 2 heterocycles. The number of aromatic nitrogens is 3. The first kappa shape index (κ1) is 9.86. The van der Waals surface area contributed by atoms with Crippen LogP contribution in [-0.2, 0) is 13.5 Å². The van der Waals surface area contributed by atoms with E-state index < -0.39 is 0 Å². The van der Waals surface area contributed by atoms with Crippen molar-refractivity contribution in [3.05, 3.63) is 36.5 Å². The zero-order chi connectivity index (χ0) is 10.7. The Morgan fingerprint density at radius 3 is 2.67 bits per heavy atom. The molecule has 0 bridgehead atoms. The molecule has 78 valence electrons. The van der Waals surface area contributed by atoms with Gasteiger partial charge in [-0.1, -0.05) is 0 Å². The Morgan fingerprint density at radius 2 is 2.00 bits per heavy atom. The van der Waals surface area contributed by atoms with Crippen molar-refractivity contribution in [3.8, 4) is 11.3 Å². The highest BCUT2D eigenvalue weighted by Crippen LogP contribution is 2.19. The van der Waals surface area contributed by atoms with Crippen molar-refractivity contribution in [2.24, 2.45) is 12.8 Å². The fourth-order valence-corrected chi connectivity index (χ4v) is 1.67. The van der Waals surface area contributed by atoms with Gasteiger partial charge in [-0.05, 0) is 25.1 Å². The van der Waals surface area contributed by atoms with Gasteiger partial charge in [0.25, 0.3) is 0 Å². The van der Waals surface area contributed by atoms with Crippen LogP contribution in [0.4, 0.5) is 0 Å². The Bertz CT molecular complexity index is 433. The van der Waals surface area contributed by atoms with Gasteiger partial charge in [-0.2, -0.15) is 0 Å². The minimum absolute atomic E-state index is 0.669. The summed E-state index contributed by atoms with van der Waals surface area (Å²) in [5.74, 6) is 0. The van der Waals surface area contributed by atoms with Gasteiger partial charge in [-0.15, -0.1) is 0 Å². The zero-order valence-corrected chi connectivity index (χ0v) is 8.72. The van der Waals surface area contributed by atoms with Crippen molar-refractivity contribution in [1.29, 1.82) is 0 Å². The van der Waals surface area contributed by atoms with Gasteiger partial charge >= 0.3 is 0 Å². The molecule has 2 rings (SSSR count). The lowest BCUT2D eigenvalue weighted by Gasteiger charge is -2.06. The largest absolute Gasteiger partial charge is 0.348 e. The molecule has 0 amide bonds. The van der Waals surface area contributed by atoms with E-state index in [1.165, 1.54) is 12.0 Å². The van der Waals surface area contributed by atoms with Crippen LogP contribution < -0.4 is 5.73 Å². The van der Waals surface area contributed by atoms with Crippen LogP contribution in [0, 0.1) is 0 Å². The number of nitrogens with zero attached hydrogens (tertiary/aromatic N) is 3. The molecule has 0 radical (unpaired) electrons. The minimum atomic E-state index is 0.669. The average molecular weight is 202 g/mol. The molecule has 0 aromatic carbocycles. The third-order valence-corrected chi connectivity index (χ3v) is 2.48. The van der Waals surface area contributed by atoms with Gasteiger partial charge in [0.2, 0.25) is 0 Å². The molecule has 0 aliphatic rings. The van der Waals surface area contributed by atoms with Crippen LogP contribution in [0.2, 0.25) is 0 Å². The van der Waals surface area contributed by atoms with Crippen LogP contribution in [0.15, 0.2) is 30.9 Å². The lowest BCUT2D eigenvalue weighted by molar-refractivity contribution is 0.812. The van der Waals surface area contributed by atoms with E-state index in [0.717, 1.165) is 17.7 Å². The van der Waals surface area contributed by atoms with Gasteiger partial charge in [0.15, 0.2) is 0 Å². The predicted molar refractivity (Wildman–Crippen MR) is 59.2 cm³/mol. The average Bonchev–Trinajstić information content (AvgIpc) is 2.63. The lowest BCUT2D eigenvalue weighted by Crippen LogP contribution is -2.07. The monoisotopic (exact) mass is 202 g/mol. The molecule has 4 heteroatoms. The van der Waals surface area contributed by atoms with Gasteiger partial charge in [0.05, 0.1) is 5.69 Å². The molecule has 0 fully saturated rings. The smallest absolute Gasteiger partial charge is 0.115 e. The maximum absolute atomic E-state index is 5.54. The van der Waals surface area contributed by atoms with Crippen LogP contribution in [0.5, 0.6) is 0 Å². The summed E-state index contributed by atoms with van der Waals surface area (Å²) < 4.78 is 2.13. The molecule has 0 aliphatic heterocycles. The molecule has 0 unspecified atom stereocenters. The van der Waals surface area contributed by atoms with Crippen LogP contribution in [-0.4, -0.2) is 21.1 Å². The summed E-state index contributed by atoms with van der Waals surface area (Å²) in [6, 6.07) is 4.17. The second-order valence-electron chi connectivity index (χ2n) is 3.43. The standard InChI is InChI=1S/C11H14N4/c1-15-10(4-5-12)2-3-11(15)9-6-13-8-14-7-9/h2-3,6-8H,4-5,12H2,1H3. The fourth-order valence-electron chi connectivity index (χ4n) is 1.67. The van der Waals surface area contributed by atoms with Crippen LogP contribution in [0.25, 0.3) is 11.3 Å². The third-order valence-electron chi connectivity index (χ3n) is 2.48. The summed E-state index contributed by atoms with van der Waals surface area (Å²) in [5, 5.41) is 0. The second-order valence-corrected chi connectivity index (χ2v) is 3.43. The topological polar surface area (TPSA) is 56.7 Å². The summed E-state index contributed by atoms with van der Waals surface area (Å²) in [5.41, 5.74) is 8.93. The predicted octanol–water partition coefficient (Wildman–Crippen LogP) is 0.983. The minimum Gasteiger partial charge on any atom is -0.348 e. The molecule has 0 saturated heterocycles. The van der Waals surface area contributed by atoms with E-state index in [0.29, 0.717) is 6.54 Å². The first-order valence-electron chi connectivity index (χ1n) is 4.93. The van der Waals surface area contributed by atoms with Crippen molar-refractivity contribution < 1.29 is 0 Å². The second kappa shape index (κ2) is 4.23. The third kappa shape index (κ3) is 1.89. The molecular weight excluding hydrogens is 188 g/mol. The molecule has 0 saturated carbocycles. The Hall–Kier alpha value is -1.68. The molecule has 0 atom stereocenters. The van der Waals surface area contributed by atoms with Crippen molar-refractivity contribution in [2.45, 2.75) is 6.42 Å².